The van der Waals surface area contributed by atoms with E-state index < -0.39 is 0 Å². The van der Waals surface area contributed by atoms with Crippen LogP contribution in [0.3, 0.4) is 0 Å². The summed E-state index contributed by atoms with van der Waals surface area (Å²) in [5, 5.41) is 7.06. The number of carbonyl (C=O) groups is 1. The van der Waals surface area contributed by atoms with Crippen LogP contribution in [0.1, 0.15) is 31.2 Å². The van der Waals surface area contributed by atoms with E-state index in [-0.39, 0.29) is 0 Å². The zero-order chi connectivity index (χ0) is 21.6. The zero-order valence-electron chi connectivity index (χ0n) is 19.1. The predicted molar refractivity (Wildman–Crippen MR) is 127 cm³/mol. The Hall–Kier alpha value is -2.28. The third kappa shape index (κ3) is 5.70. The maximum atomic E-state index is 12.4. The van der Waals surface area contributed by atoms with Gasteiger partial charge in [-0.1, -0.05) is 24.1 Å². The summed E-state index contributed by atoms with van der Waals surface area (Å²) >= 11 is 0. The number of rotatable bonds is 6. The Bertz CT molecular complexity index is 752. The lowest BCUT2D eigenvalue weighted by molar-refractivity contribution is -0.139. The highest BCUT2D eigenvalue weighted by Gasteiger charge is 2.31. The van der Waals surface area contributed by atoms with Gasteiger partial charge in [-0.3, -0.25) is 14.7 Å². The molecule has 1 unspecified atom stereocenters. The fourth-order valence-electron chi connectivity index (χ4n) is 4.69. The lowest BCUT2D eigenvalue weighted by Gasteiger charge is -2.38. The average Bonchev–Trinajstić information content (AvgIpc) is 3.21. The second-order valence-electron chi connectivity index (χ2n) is 9.21. The highest BCUT2D eigenvalue weighted by atomic mass is 16.2. The van der Waals surface area contributed by atoms with Gasteiger partial charge in [0.25, 0.3) is 0 Å². The number of benzene rings is 1. The van der Waals surface area contributed by atoms with Crippen molar-refractivity contribution >= 4 is 17.6 Å². The topological polar surface area (TPSA) is 63.2 Å². The van der Waals surface area contributed by atoms with Gasteiger partial charge >= 0.3 is 0 Å². The Labute approximate surface area is 186 Å². The van der Waals surface area contributed by atoms with Gasteiger partial charge < -0.3 is 20.4 Å². The zero-order valence-corrected chi connectivity index (χ0v) is 19.1. The summed E-state index contributed by atoms with van der Waals surface area (Å²) in [5.74, 6) is 1.60. The second-order valence-corrected chi connectivity index (χ2v) is 9.21. The molecule has 1 aromatic carbocycles. The minimum atomic E-state index is 0.320. The predicted octanol–water partition coefficient (Wildman–Crippen LogP) is 1.68. The van der Waals surface area contributed by atoms with E-state index in [1.807, 2.05) is 7.05 Å². The molecule has 1 amide bonds. The molecule has 0 radical (unpaired) electrons. The first kappa shape index (κ1) is 21.9. The summed E-state index contributed by atoms with van der Waals surface area (Å²) in [6.45, 7) is 9.74. The van der Waals surface area contributed by atoms with Crippen molar-refractivity contribution in [2.24, 2.45) is 10.9 Å². The van der Waals surface area contributed by atoms with Gasteiger partial charge in [-0.05, 0) is 38.3 Å². The minimum Gasteiger partial charge on any atom is -0.369 e. The Kier molecular flexibility index (Phi) is 7.33. The van der Waals surface area contributed by atoms with Crippen molar-refractivity contribution in [1.29, 1.82) is 0 Å². The second kappa shape index (κ2) is 10.4. The van der Waals surface area contributed by atoms with Crippen molar-refractivity contribution in [3.8, 4) is 0 Å². The molecule has 1 aromatic rings. The molecule has 2 saturated heterocycles. The third-order valence-electron chi connectivity index (χ3n) is 7.01. The van der Waals surface area contributed by atoms with E-state index in [1.165, 1.54) is 17.7 Å². The van der Waals surface area contributed by atoms with Crippen LogP contribution in [0.25, 0.3) is 0 Å². The van der Waals surface area contributed by atoms with Crippen LogP contribution in [-0.2, 0) is 4.79 Å². The largest absolute Gasteiger partial charge is 0.369 e. The lowest BCUT2D eigenvalue weighted by atomic mass is 9.84. The van der Waals surface area contributed by atoms with Crippen molar-refractivity contribution in [2.45, 2.75) is 38.6 Å². The SMILES string of the molecule is CN=C(NCCN1CCN(C(=O)C2CCC2)CC1)NC1CCN(c2ccc(C)cc2)C1. The van der Waals surface area contributed by atoms with Gasteiger partial charge in [0, 0.05) is 77.1 Å². The van der Waals surface area contributed by atoms with Crippen molar-refractivity contribution in [2.75, 3.05) is 64.3 Å². The fraction of sp³-hybridized carbons (Fsp3) is 0.667. The summed E-state index contributed by atoms with van der Waals surface area (Å²) < 4.78 is 0. The first-order chi connectivity index (χ1) is 15.1. The van der Waals surface area contributed by atoms with E-state index in [9.17, 15) is 4.79 Å². The molecule has 0 spiro atoms. The number of carbonyl (C=O) groups excluding carboxylic acids is 1. The number of nitrogens with zero attached hydrogens (tertiary/aromatic N) is 4. The van der Waals surface area contributed by atoms with Crippen LogP contribution in [0.4, 0.5) is 5.69 Å². The number of anilines is 1. The summed E-state index contributed by atoms with van der Waals surface area (Å²) in [6.07, 6.45) is 4.53. The number of aryl methyl sites for hydroxylation is 1. The molecule has 1 atom stereocenters. The number of nitrogens with one attached hydrogen (secondary N) is 2. The first-order valence-electron chi connectivity index (χ1n) is 11.9. The number of aliphatic imine (C=N–C) groups is 1. The van der Waals surface area contributed by atoms with E-state index >= 15 is 0 Å². The smallest absolute Gasteiger partial charge is 0.225 e. The summed E-state index contributed by atoms with van der Waals surface area (Å²) in [4.78, 5) is 23.8. The number of guanidine groups is 1. The minimum absolute atomic E-state index is 0.320. The lowest BCUT2D eigenvalue weighted by Crippen LogP contribution is -2.53. The molecule has 2 aliphatic heterocycles. The van der Waals surface area contributed by atoms with Crippen LogP contribution in [0, 0.1) is 12.8 Å². The molecule has 2 heterocycles. The number of hydrogen-bond acceptors (Lipinski definition) is 4. The molecule has 1 aliphatic carbocycles. The quantitative estimate of drug-likeness (QED) is 0.535. The molecule has 3 aliphatic rings. The van der Waals surface area contributed by atoms with Gasteiger partial charge in [-0.15, -0.1) is 0 Å². The van der Waals surface area contributed by atoms with Crippen LogP contribution in [0.2, 0.25) is 0 Å². The van der Waals surface area contributed by atoms with Crippen LogP contribution in [0.5, 0.6) is 0 Å². The average molecular weight is 427 g/mol. The molecule has 0 aromatic heterocycles. The van der Waals surface area contributed by atoms with Gasteiger partial charge in [-0.25, -0.2) is 0 Å². The molecular weight excluding hydrogens is 388 g/mol. The number of piperazine rings is 1. The molecule has 4 rings (SSSR count). The first-order valence-corrected chi connectivity index (χ1v) is 11.9. The summed E-state index contributed by atoms with van der Waals surface area (Å²) in [6, 6.07) is 9.20. The Morgan fingerprint density at radius 2 is 1.81 bits per heavy atom. The maximum Gasteiger partial charge on any atom is 0.225 e. The standard InChI is InChI=1S/C24H38N6O/c1-19-6-8-22(9-7-19)30-12-10-21(18-30)27-24(25-2)26-11-13-28-14-16-29(17-15-28)23(31)20-4-3-5-20/h6-9,20-21H,3-5,10-18H2,1-2H3,(H2,25,26,27). The Morgan fingerprint density at radius 3 is 2.45 bits per heavy atom. The molecule has 7 nitrogen and oxygen atoms in total. The van der Waals surface area contributed by atoms with Gasteiger partial charge in [0.2, 0.25) is 5.91 Å². The van der Waals surface area contributed by atoms with Gasteiger partial charge in [0.05, 0.1) is 0 Å². The molecule has 3 fully saturated rings. The fourth-order valence-corrected chi connectivity index (χ4v) is 4.69. The molecule has 170 valence electrons. The Balaban J connectivity index is 1.14. The van der Waals surface area contributed by atoms with Crippen molar-refractivity contribution in [3.63, 3.8) is 0 Å². The van der Waals surface area contributed by atoms with Gasteiger partial charge in [0.1, 0.15) is 0 Å². The number of amides is 1. The van der Waals surface area contributed by atoms with Crippen molar-refractivity contribution in [3.05, 3.63) is 29.8 Å². The molecule has 31 heavy (non-hydrogen) atoms. The highest BCUT2D eigenvalue weighted by molar-refractivity contribution is 5.80. The van der Waals surface area contributed by atoms with Gasteiger partial charge in [0.15, 0.2) is 5.96 Å². The van der Waals surface area contributed by atoms with E-state index in [4.69, 9.17) is 0 Å². The van der Waals surface area contributed by atoms with E-state index in [2.05, 4.69) is 61.5 Å². The van der Waals surface area contributed by atoms with Crippen LogP contribution >= 0.6 is 0 Å². The monoisotopic (exact) mass is 426 g/mol. The van der Waals surface area contributed by atoms with Gasteiger partial charge in [-0.2, -0.15) is 0 Å². The van der Waals surface area contributed by atoms with E-state index in [0.29, 0.717) is 17.9 Å². The Morgan fingerprint density at radius 1 is 1.06 bits per heavy atom. The number of hydrogen-bond donors (Lipinski definition) is 2. The van der Waals surface area contributed by atoms with Crippen molar-refractivity contribution in [1.82, 2.24) is 20.4 Å². The summed E-state index contributed by atoms with van der Waals surface area (Å²) in [5.41, 5.74) is 2.60. The van der Waals surface area contributed by atoms with E-state index in [1.54, 1.807) is 0 Å². The van der Waals surface area contributed by atoms with Crippen LogP contribution in [-0.4, -0.2) is 87.1 Å². The summed E-state index contributed by atoms with van der Waals surface area (Å²) in [7, 11) is 1.84. The maximum absolute atomic E-state index is 12.4. The van der Waals surface area contributed by atoms with Crippen molar-refractivity contribution < 1.29 is 4.79 Å². The van der Waals surface area contributed by atoms with E-state index in [0.717, 1.165) is 77.6 Å². The van der Waals surface area contributed by atoms with Crippen LogP contribution < -0.4 is 15.5 Å². The molecule has 2 N–H and O–H groups in total. The molecule has 1 saturated carbocycles. The molecule has 7 heteroatoms. The van der Waals surface area contributed by atoms with Crippen LogP contribution in [0.15, 0.2) is 29.3 Å². The normalized spacial score (nSPS) is 23.0. The molecule has 0 bridgehead atoms. The molecular formula is C24H38N6O. The third-order valence-corrected chi connectivity index (χ3v) is 7.01. The highest BCUT2D eigenvalue weighted by Crippen LogP contribution is 2.28.